The molecular formula is C10H18F3N3O2. The highest BCUT2D eigenvalue weighted by molar-refractivity contribution is 5.72. The van der Waals surface area contributed by atoms with Gasteiger partial charge in [0.15, 0.2) is 0 Å². The number of carbonyl (C=O) groups is 1. The molecule has 1 fully saturated rings. The highest BCUT2D eigenvalue weighted by Crippen LogP contribution is 2.21. The molecule has 18 heavy (non-hydrogen) atoms. The number of rotatable bonds is 3. The Hall–Kier alpha value is -1.02. The van der Waals surface area contributed by atoms with E-state index in [2.05, 4.69) is 5.32 Å². The lowest BCUT2D eigenvalue weighted by Gasteiger charge is -2.38. The van der Waals surface area contributed by atoms with E-state index in [0.29, 0.717) is 6.42 Å². The number of aliphatic hydroxyl groups is 1. The predicted molar refractivity (Wildman–Crippen MR) is 58.8 cm³/mol. The van der Waals surface area contributed by atoms with Gasteiger partial charge in [0.2, 0.25) is 0 Å². The Morgan fingerprint density at radius 3 is 2.61 bits per heavy atom. The number of nitrogens with zero attached hydrogens (tertiary/aromatic N) is 1. The summed E-state index contributed by atoms with van der Waals surface area (Å²) >= 11 is 0. The van der Waals surface area contributed by atoms with Crippen LogP contribution in [-0.2, 0) is 0 Å². The molecular weight excluding hydrogens is 251 g/mol. The zero-order valence-electron chi connectivity index (χ0n) is 10.1. The third kappa shape index (κ3) is 4.69. The Kier molecular flexibility index (Phi) is 4.80. The third-order valence-corrected chi connectivity index (χ3v) is 3.07. The Bertz CT molecular complexity index is 297. The lowest BCUT2D eigenvalue weighted by atomic mass is 9.90. The number of primary amides is 1. The number of hydrogen-bond acceptors (Lipinski definition) is 3. The Morgan fingerprint density at radius 1 is 1.56 bits per heavy atom. The number of piperidine rings is 1. The van der Waals surface area contributed by atoms with E-state index in [1.807, 2.05) is 0 Å². The summed E-state index contributed by atoms with van der Waals surface area (Å²) in [5.41, 5.74) is 5.13. The number of nitrogens with one attached hydrogen (secondary N) is 1. The van der Waals surface area contributed by atoms with Gasteiger partial charge in [-0.05, 0) is 13.3 Å². The van der Waals surface area contributed by atoms with Crippen molar-refractivity contribution in [1.29, 1.82) is 0 Å². The number of alkyl halides is 3. The molecule has 1 aliphatic rings. The minimum Gasteiger partial charge on any atom is -0.393 e. The Labute approximate surface area is 103 Å². The number of aliphatic hydroxyl groups excluding tert-OH is 1. The zero-order valence-corrected chi connectivity index (χ0v) is 10.1. The molecule has 3 atom stereocenters. The molecule has 1 heterocycles. The van der Waals surface area contributed by atoms with Crippen LogP contribution in [0.5, 0.6) is 0 Å². The number of likely N-dealkylation sites (tertiary alicyclic amines) is 1. The van der Waals surface area contributed by atoms with E-state index in [1.165, 1.54) is 4.90 Å². The smallest absolute Gasteiger partial charge is 0.393 e. The lowest BCUT2D eigenvalue weighted by Crippen LogP contribution is -2.55. The first-order valence-electron chi connectivity index (χ1n) is 5.71. The largest absolute Gasteiger partial charge is 0.401 e. The average Bonchev–Trinajstić information content (AvgIpc) is 2.25. The molecule has 0 spiro atoms. The van der Waals surface area contributed by atoms with Crippen molar-refractivity contribution in [3.05, 3.63) is 0 Å². The third-order valence-electron chi connectivity index (χ3n) is 3.07. The zero-order chi connectivity index (χ0) is 13.9. The normalized spacial score (nSPS) is 27.1. The number of halogens is 3. The van der Waals surface area contributed by atoms with E-state index in [0.717, 1.165) is 0 Å². The van der Waals surface area contributed by atoms with Crippen LogP contribution in [0.15, 0.2) is 0 Å². The monoisotopic (exact) mass is 269 g/mol. The summed E-state index contributed by atoms with van der Waals surface area (Å²) in [6.07, 6.45) is -4.60. The van der Waals surface area contributed by atoms with Crippen LogP contribution in [0.2, 0.25) is 0 Å². The molecule has 0 aromatic carbocycles. The molecule has 8 heteroatoms. The number of amides is 2. The first-order chi connectivity index (χ1) is 8.19. The second-order valence-corrected chi connectivity index (χ2v) is 4.67. The molecule has 5 nitrogen and oxygen atoms in total. The molecule has 0 aliphatic carbocycles. The van der Waals surface area contributed by atoms with Gasteiger partial charge < -0.3 is 21.1 Å². The average molecular weight is 269 g/mol. The standard InChI is InChI=1S/C10H18F3N3O2/c1-6(17)7-2-8(15-5-10(11,12)13)4-16(3-7)9(14)18/h6-8,15,17H,2-5H2,1H3,(H2,14,18). The van der Waals surface area contributed by atoms with Gasteiger partial charge in [-0.2, -0.15) is 13.2 Å². The number of urea groups is 1. The van der Waals surface area contributed by atoms with Gasteiger partial charge >= 0.3 is 12.2 Å². The van der Waals surface area contributed by atoms with Gasteiger partial charge in [-0.3, -0.25) is 0 Å². The van der Waals surface area contributed by atoms with Gasteiger partial charge in [0, 0.05) is 25.0 Å². The van der Waals surface area contributed by atoms with Crippen LogP contribution in [-0.4, -0.2) is 54.0 Å². The van der Waals surface area contributed by atoms with Crippen molar-refractivity contribution in [2.45, 2.75) is 31.7 Å². The molecule has 3 unspecified atom stereocenters. The first-order valence-corrected chi connectivity index (χ1v) is 5.71. The van der Waals surface area contributed by atoms with Crippen molar-refractivity contribution in [3.63, 3.8) is 0 Å². The molecule has 0 bridgehead atoms. The van der Waals surface area contributed by atoms with Crippen LogP contribution >= 0.6 is 0 Å². The fraction of sp³-hybridized carbons (Fsp3) is 0.900. The SMILES string of the molecule is CC(O)C1CC(NCC(F)(F)F)CN(C(N)=O)C1. The molecule has 0 aromatic rings. The summed E-state index contributed by atoms with van der Waals surface area (Å²) in [7, 11) is 0. The van der Waals surface area contributed by atoms with Crippen molar-refractivity contribution in [2.75, 3.05) is 19.6 Å². The summed E-state index contributed by atoms with van der Waals surface area (Å²) in [6.45, 7) is 0.846. The van der Waals surface area contributed by atoms with Crippen LogP contribution in [0.25, 0.3) is 0 Å². The van der Waals surface area contributed by atoms with Gasteiger partial charge in [0.25, 0.3) is 0 Å². The van der Waals surface area contributed by atoms with Gasteiger partial charge in [0.05, 0.1) is 12.6 Å². The van der Waals surface area contributed by atoms with Crippen molar-refractivity contribution < 1.29 is 23.1 Å². The molecule has 1 aliphatic heterocycles. The van der Waals surface area contributed by atoms with E-state index in [1.54, 1.807) is 6.92 Å². The molecule has 106 valence electrons. The van der Waals surface area contributed by atoms with Crippen molar-refractivity contribution in [3.8, 4) is 0 Å². The van der Waals surface area contributed by atoms with Crippen molar-refractivity contribution >= 4 is 6.03 Å². The van der Waals surface area contributed by atoms with Crippen LogP contribution in [0.3, 0.4) is 0 Å². The number of nitrogens with two attached hydrogens (primary N) is 1. The highest BCUT2D eigenvalue weighted by atomic mass is 19.4. The van der Waals surface area contributed by atoms with Crippen LogP contribution in [0.4, 0.5) is 18.0 Å². The van der Waals surface area contributed by atoms with Gasteiger partial charge in [-0.15, -0.1) is 0 Å². The number of carbonyl (C=O) groups excluding carboxylic acids is 1. The van der Waals surface area contributed by atoms with Gasteiger partial charge in [0.1, 0.15) is 0 Å². The maximum Gasteiger partial charge on any atom is 0.401 e. The fourth-order valence-electron chi connectivity index (χ4n) is 2.08. The number of hydrogen-bond donors (Lipinski definition) is 3. The van der Waals surface area contributed by atoms with Crippen LogP contribution < -0.4 is 11.1 Å². The predicted octanol–water partition coefficient (Wildman–Crippen LogP) is 0.288. The topological polar surface area (TPSA) is 78.6 Å². The molecule has 0 radical (unpaired) electrons. The maximum atomic E-state index is 12.1. The molecule has 0 aromatic heterocycles. The molecule has 4 N–H and O–H groups in total. The van der Waals surface area contributed by atoms with E-state index in [4.69, 9.17) is 5.73 Å². The van der Waals surface area contributed by atoms with Gasteiger partial charge in [-0.1, -0.05) is 0 Å². The Morgan fingerprint density at radius 2 is 2.17 bits per heavy atom. The molecule has 2 amide bonds. The molecule has 1 rings (SSSR count). The first kappa shape index (κ1) is 15.0. The van der Waals surface area contributed by atoms with E-state index < -0.39 is 30.9 Å². The van der Waals surface area contributed by atoms with E-state index in [-0.39, 0.29) is 19.0 Å². The van der Waals surface area contributed by atoms with Gasteiger partial charge in [-0.25, -0.2) is 4.79 Å². The summed E-state index contributed by atoms with van der Waals surface area (Å²) in [5, 5.41) is 11.8. The minimum absolute atomic E-state index is 0.134. The van der Waals surface area contributed by atoms with Crippen molar-refractivity contribution in [1.82, 2.24) is 10.2 Å². The summed E-state index contributed by atoms with van der Waals surface area (Å²) < 4.78 is 36.3. The summed E-state index contributed by atoms with van der Waals surface area (Å²) in [5.74, 6) is -0.267. The second kappa shape index (κ2) is 5.75. The summed E-state index contributed by atoms with van der Waals surface area (Å²) in [6, 6.07) is -1.19. The quantitative estimate of drug-likeness (QED) is 0.689. The highest BCUT2D eigenvalue weighted by Gasteiger charge is 2.34. The van der Waals surface area contributed by atoms with Crippen LogP contribution in [0.1, 0.15) is 13.3 Å². The Balaban J connectivity index is 2.59. The fourth-order valence-corrected chi connectivity index (χ4v) is 2.08. The van der Waals surface area contributed by atoms with E-state index >= 15 is 0 Å². The van der Waals surface area contributed by atoms with Crippen LogP contribution in [0, 0.1) is 5.92 Å². The molecule has 1 saturated heterocycles. The maximum absolute atomic E-state index is 12.1. The summed E-state index contributed by atoms with van der Waals surface area (Å²) in [4.78, 5) is 12.3. The van der Waals surface area contributed by atoms with Crippen molar-refractivity contribution in [2.24, 2.45) is 11.7 Å². The lowest BCUT2D eigenvalue weighted by molar-refractivity contribution is -0.127. The van der Waals surface area contributed by atoms with E-state index in [9.17, 15) is 23.1 Å². The second-order valence-electron chi connectivity index (χ2n) is 4.67. The molecule has 0 saturated carbocycles. The minimum atomic E-state index is -4.30.